The normalized spacial score (nSPS) is 17.0. The molecule has 1 unspecified atom stereocenters. The molecule has 0 radical (unpaired) electrons. The van der Waals surface area contributed by atoms with E-state index in [1.165, 1.54) is 18.4 Å². The Kier molecular flexibility index (Phi) is 6.15. The Labute approximate surface area is 155 Å². The monoisotopic (exact) mass is 356 g/mol. The molecule has 1 N–H and O–H groups in total. The SMILES string of the molecule is COc1ccc(CCNc2cc(N3CCCC(C)C3)ncn2)cc1OC. The summed E-state index contributed by atoms with van der Waals surface area (Å²) in [4.78, 5) is 11.2. The summed E-state index contributed by atoms with van der Waals surface area (Å²) in [6.45, 7) is 5.24. The van der Waals surface area contributed by atoms with E-state index in [2.05, 4.69) is 33.2 Å². The quantitative estimate of drug-likeness (QED) is 0.821. The highest BCUT2D eigenvalue weighted by molar-refractivity contribution is 5.49. The van der Waals surface area contributed by atoms with Crippen molar-refractivity contribution in [2.24, 2.45) is 5.92 Å². The lowest BCUT2D eigenvalue weighted by Crippen LogP contribution is -2.34. The lowest BCUT2D eigenvalue weighted by molar-refractivity contribution is 0.354. The third kappa shape index (κ3) is 4.56. The Morgan fingerprint density at radius 1 is 1.15 bits per heavy atom. The van der Waals surface area contributed by atoms with Crippen LogP contribution in [0.2, 0.25) is 0 Å². The summed E-state index contributed by atoms with van der Waals surface area (Å²) >= 11 is 0. The summed E-state index contributed by atoms with van der Waals surface area (Å²) in [7, 11) is 3.30. The van der Waals surface area contributed by atoms with Crippen LogP contribution in [0.1, 0.15) is 25.3 Å². The molecule has 1 atom stereocenters. The molecule has 1 fully saturated rings. The van der Waals surface area contributed by atoms with Crippen molar-refractivity contribution < 1.29 is 9.47 Å². The van der Waals surface area contributed by atoms with Crippen molar-refractivity contribution in [3.63, 3.8) is 0 Å². The molecule has 26 heavy (non-hydrogen) atoms. The standard InChI is InChI=1S/C20H28N4O2/c1-15-5-4-10-24(13-15)20-12-19(22-14-23-20)21-9-8-16-6-7-17(25-2)18(11-16)26-3/h6-7,11-12,14-15H,4-5,8-10,13H2,1-3H3,(H,21,22,23). The first-order valence-electron chi connectivity index (χ1n) is 9.21. The van der Waals surface area contributed by atoms with Crippen molar-refractivity contribution in [2.45, 2.75) is 26.2 Å². The molecule has 0 aliphatic carbocycles. The minimum atomic E-state index is 0.722. The van der Waals surface area contributed by atoms with Gasteiger partial charge in [0.25, 0.3) is 0 Å². The number of nitrogens with zero attached hydrogens (tertiary/aromatic N) is 3. The van der Waals surface area contributed by atoms with E-state index < -0.39 is 0 Å². The fraction of sp³-hybridized carbons (Fsp3) is 0.500. The Balaban J connectivity index is 1.57. The third-order valence-electron chi connectivity index (χ3n) is 4.80. The van der Waals surface area contributed by atoms with Crippen LogP contribution in [0.25, 0.3) is 0 Å². The van der Waals surface area contributed by atoms with E-state index in [-0.39, 0.29) is 0 Å². The van der Waals surface area contributed by atoms with Crippen molar-refractivity contribution in [1.29, 1.82) is 0 Å². The number of hydrogen-bond donors (Lipinski definition) is 1. The number of piperidine rings is 1. The van der Waals surface area contributed by atoms with Gasteiger partial charge in [0.05, 0.1) is 14.2 Å². The van der Waals surface area contributed by atoms with E-state index in [4.69, 9.17) is 9.47 Å². The number of aromatic nitrogens is 2. The number of benzene rings is 1. The van der Waals surface area contributed by atoms with E-state index in [9.17, 15) is 0 Å². The predicted octanol–water partition coefficient (Wildman–Crippen LogP) is 3.38. The molecule has 0 saturated carbocycles. The maximum Gasteiger partial charge on any atom is 0.160 e. The maximum absolute atomic E-state index is 5.36. The Morgan fingerprint density at radius 3 is 2.77 bits per heavy atom. The molecule has 3 rings (SSSR count). The molecular formula is C20H28N4O2. The molecule has 6 heteroatoms. The zero-order valence-corrected chi connectivity index (χ0v) is 15.9. The fourth-order valence-electron chi connectivity index (χ4n) is 3.39. The van der Waals surface area contributed by atoms with Gasteiger partial charge in [-0.3, -0.25) is 0 Å². The molecule has 1 aromatic carbocycles. The van der Waals surface area contributed by atoms with Crippen LogP contribution < -0.4 is 19.7 Å². The second kappa shape index (κ2) is 8.74. The van der Waals surface area contributed by atoms with Crippen LogP contribution in [0.4, 0.5) is 11.6 Å². The van der Waals surface area contributed by atoms with Crippen LogP contribution in [-0.4, -0.2) is 43.8 Å². The predicted molar refractivity (Wildman–Crippen MR) is 104 cm³/mol. The van der Waals surface area contributed by atoms with Gasteiger partial charge >= 0.3 is 0 Å². The van der Waals surface area contributed by atoms with Crippen LogP contribution in [0.5, 0.6) is 11.5 Å². The number of methoxy groups -OCH3 is 2. The highest BCUT2D eigenvalue weighted by atomic mass is 16.5. The maximum atomic E-state index is 5.36. The zero-order chi connectivity index (χ0) is 18.4. The number of ether oxygens (including phenoxy) is 2. The zero-order valence-electron chi connectivity index (χ0n) is 15.9. The second-order valence-corrected chi connectivity index (χ2v) is 6.82. The Bertz CT molecular complexity index is 723. The van der Waals surface area contributed by atoms with Crippen LogP contribution >= 0.6 is 0 Å². The Morgan fingerprint density at radius 2 is 2.00 bits per heavy atom. The molecule has 1 aromatic heterocycles. The molecule has 2 aromatic rings. The topological polar surface area (TPSA) is 59.5 Å². The van der Waals surface area contributed by atoms with Gasteiger partial charge in [-0.15, -0.1) is 0 Å². The van der Waals surface area contributed by atoms with Gasteiger partial charge in [0, 0.05) is 25.7 Å². The average Bonchev–Trinajstić information content (AvgIpc) is 2.68. The van der Waals surface area contributed by atoms with Crippen LogP contribution in [0.15, 0.2) is 30.6 Å². The van der Waals surface area contributed by atoms with Gasteiger partial charge in [0.15, 0.2) is 11.5 Å². The van der Waals surface area contributed by atoms with Gasteiger partial charge < -0.3 is 19.7 Å². The van der Waals surface area contributed by atoms with Gasteiger partial charge in [-0.2, -0.15) is 0 Å². The van der Waals surface area contributed by atoms with E-state index >= 15 is 0 Å². The van der Waals surface area contributed by atoms with E-state index in [0.717, 1.165) is 55.1 Å². The smallest absolute Gasteiger partial charge is 0.160 e. The first-order chi connectivity index (χ1) is 12.7. The molecule has 1 aliphatic heterocycles. The van der Waals surface area contributed by atoms with E-state index in [1.54, 1.807) is 20.5 Å². The fourth-order valence-corrected chi connectivity index (χ4v) is 3.39. The van der Waals surface area contributed by atoms with Gasteiger partial charge in [-0.1, -0.05) is 13.0 Å². The highest BCUT2D eigenvalue weighted by Crippen LogP contribution is 2.27. The van der Waals surface area contributed by atoms with Crippen LogP contribution in [0, 0.1) is 5.92 Å². The van der Waals surface area contributed by atoms with E-state index in [1.807, 2.05) is 18.2 Å². The second-order valence-electron chi connectivity index (χ2n) is 6.82. The molecule has 0 bridgehead atoms. The number of rotatable bonds is 7. The summed E-state index contributed by atoms with van der Waals surface area (Å²) in [6, 6.07) is 8.06. The lowest BCUT2D eigenvalue weighted by atomic mass is 10.0. The van der Waals surface area contributed by atoms with Gasteiger partial charge in [-0.25, -0.2) is 9.97 Å². The number of nitrogens with one attached hydrogen (secondary N) is 1. The summed E-state index contributed by atoms with van der Waals surface area (Å²) in [5.41, 5.74) is 1.19. The van der Waals surface area contributed by atoms with Crippen molar-refractivity contribution in [2.75, 3.05) is 44.1 Å². The molecule has 1 saturated heterocycles. The average molecular weight is 356 g/mol. The highest BCUT2D eigenvalue weighted by Gasteiger charge is 2.17. The minimum absolute atomic E-state index is 0.722. The van der Waals surface area contributed by atoms with Crippen molar-refractivity contribution in [1.82, 2.24) is 9.97 Å². The van der Waals surface area contributed by atoms with Crippen molar-refractivity contribution >= 4 is 11.6 Å². The van der Waals surface area contributed by atoms with Crippen LogP contribution in [-0.2, 0) is 6.42 Å². The lowest BCUT2D eigenvalue weighted by Gasteiger charge is -2.31. The van der Waals surface area contributed by atoms with Crippen molar-refractivity contribution in [3.05, 3.63) is 36.2 Å². The molecule has 6 nitrogen and oxygen atoms in total. The largest absolute Gasteiger partial charge is 0.493 e. The molecular weight excluding hydrogens is 328 g/mol. The molecule has 1 aliphatic rings. The number of hydrogen-bond acceptors (Lipinski definition) is 6. The third-order valence-corrected chi connectivity index (χ3v) is 4.80. The molecule has 140 valence electrons. The van der Waals surface area contributed by atoms with Gasteiger partial charge in [0.2, 0.25) is 0 Å². The molecule has 0 spiro atoms. The van der Waals surface area contributed by atoms with E-state index in [0.29, 0.717) is 0 Å². The first-order valence-corrected chi connectivity index (χ1v) is 9.21. The summed E-state index contributed by atoms with van der Waals surface area (Å²) in [6.07, 6.45) is 5.05. The number of anilines is 2. The summed E-state index contributed by atoms with van der Waals surface area (Å²) < 4.78 is 10.6. The first kappa shape index (κ1) is 18.3. The minimum Gasteiger partial charge on any atom is -0.493 e. The molecule has 2 heterocycles. The molecule has 0 amide bonds. The Hall–Kier alpha value is -2.50. The van der Waals surface area contributed by atoms with Crippen molar-refractivity contribution in [3.8, 4) is 11.5 Å². The summed E-state index contributed by atoms with van der Waals surface area (Å²) in [5.74, 6) is 4.11. The van der Waals surface area contributed by atoms with Gasteiger partial charge in [0.1, 0.15) is 18.0 Å². The van der Waals surface area contributed by atoms with Gasteiger partial charge in [-0.05, 0) is 42.9 Å². The van der Waals surface area contributed by atoms with Crippen LogP contribution in [0.3, 0.4) is 0 Å². The summed E-state index contributed by atoms with van der Waals surface area (Å²) in [5, 5.41) is 3.40.